The second-order valence-electron chi connectivity index (χ2n) is 4.46. The molecule has 0 spiro atoms. The molecule has 0 N–H and O–H groups in total. The quantitative estimate of drug-likeness (QED) is 0.609. The van der Waals surface area contributed by atoms with Gasteiger partial charge in [-0.3, -0.25) is 4.99 Å². The molecular formula is C14H17N3S2. The highest BCUT2D eigenvalue weighted by atomic mass is 32.1. The third kappa shape index (κ3) is 3.52. The zero-order valence-corrected chi connectivity index (χ0v) is 13.0. The smallest absolute Gasteiger partial charge is 0.206 e. The molecule has 0 aliphatic carbocycles. The van der Waals surface area contributed by atoms with Gasteiger partial charge < -0.3 is 0 Å². The SMILES string of the molecule is C=C(C)CN=c1scc(C)n1N=Cc1sccc1C. The van der Waals surface area contributed by atoms with Crippen molar-refractivity contribution in [2.45, 2.75) is 20.8 Å². The Morgan fingerprint density at radius 1 is 1.42 bits per heavy atom. The highest BCUT2D eigenvalue weighted by Gasteiger charge is 2.00. The first-order valence-electron chi connectivity index (χ1n) is 5.98. The Balaban J connectivity index is 2.32. The normalized spacial score (nSPS) is 12.5. The molecule has 2 heterocycles. The molecule has 0 saturated heterocycles. The highest BCUT2D eigenvalue weighted by molar-refractivity contribution is 7.11. The van der Waals surface area contributed by atoms with Crippen LogP contribution in [0.3, 0.4) is 0 Å². The number of thiazole rings is 1. The van der Waals surface area contributed by atoms with E-state index in [1.165, 1.54) is 10.4 Å². The summed E-state index contributed by atoms with van der Waals surface area (Å²) in [6.07, 6.45) is 1.90. The number of rotatable bonds is 4. The fourth-order valence-corrected chi connectivity index (χ4v) is 3.05. The molecule has 100 valence electrons. The van der Waals surface area contributed by atoms with Crippen molar-refractivity contribution in [2.75, 3.05) is 6.54 Å². The van der Waals surface area contributed by atoms with E-state index in [-0.39, 0.29) is 0 Å². The van der Waals surface area contributed by atoms with Crippen LogP contribution in [0.2, 0.25) is 0 Å². The van der Waals surface area contributed by atoms with Crippen LogP contribution in [0.1, 0.15) is 23.1 Å². The third-order valence-electron chi connectivity index (χ3n) is 2.53. The molecule has 0 atom stereocenters. The molecule has 0 radical (unpaired) electrons. The molecule has 0 amide bonds. The van der Waals surface area contributed by atoms with Gasteiger partial charge in [-0.25, -0.2) is 4.68 Å². The Morgan fingerprint density at radius 3 is 2.84 bits per heavy atom. The Hall–Kier alpha value is -1.46. The lowest BCUT2D eigenvalue weighted by Gasteiger charge is -1.97. The van der Waals surface area contributed by atoms with E-state index in [9.17, 15) is 0 Å². The Labute approximate surface area is 121 Å². The van der Waals surface area contributed by atoms with Crippen LogP contribution < -0.4 is 4.80 Å². The van der Waals surface area contributed by atoms with Gasteiger partial charge >= 0.3 is 0 Å². The predicted molar refractivity (Wildman–Crippen MR) is 84.3 cm³/mol. The molecule has 0 aliphatic heterocycles. The van der Waals surface area contributed by atoms with Crippen LogP contribution in [0.15, 0.2) is 39.1 Å². The number of aromatic nitrogens is 1. The minimum atomic E-state index is 0.646. The van der Waals surface area contributed by atoms with Crippen molar-refractivity contribution in [1.29, 1.82) is 0 Å². The van der Waals surface area contributed by atoms with Crippen molar-refractivity contribution in [3.63, 3.8) is 0 Å². The van der Waals surface area contributed by atoms with Gasteiger partial charge in [-0.1, -0.05) is 12.2 Å². The standard InChI is InChI=1S/C14H17N3S2/c1-10(2)7-15-14-17(12(4)9-19-14)16-8-13-11(3)5-6-18-13/h5-6,8-9H,1,7H2,2-4H3. The summed E-state index contributed by atoms with van der Waals surface area (Å²) < 4.78 is 1.88. The maximum atomic E-state index is 4.54. The van der Waals surface area contributed by atoms with Crippen LogP contribution in [-0.4, -0.2) is 17.4 Å². The van der Waals surface area contributed by atoms with E-state index in [0.717, 1.165) is 16.1 Å². The summed E-state index contributed by atoms with van der Waals surface area (Å²) in [6.45, 7) is 10.6. The van der Waals surface area contributed by atoms with Gasteiger partial charge in [-0.05, 0) is 37.8 Å². The van der Waals surface area contributed by atoms with Gasteiger partial charge in [0.25, 0.3) is 0 Å². The summed E-state index contributed by atoms with van der Waals surface area (Å²) in [6, 6.07) is 2.10. The minimum absolute atomic E-state index is 0.646. The van der Waals surface area contributed by atoms with Gasteiger partial charge in [0.05, 0.1) is 23.3 Å². The van der Waals surface area contributed by atoms with Crippen LogP contribution in [-0.2, 0) is 0 Å². The summed E-state index contributed by atoms with van der Waals surface area (Å²) in [5.74, 6) is 0. The topological polar surface area (TPSA) is 29.6 Å². The van der Waals surface area contributed by atoms with Crippen LogP contribution in [0.4, 0.5) is 0 Å². The van der Waals surface area contributed by atoms with Gasteiger partial charge in [-0.15, -0.1) is 22.7 Å². The van der Waals surface area contributed by atoms with E-state index in [1.54, 1.807) is 22.7 Å². The molecule has 2 rings (SSSR count). The monoisotopic (exact) mass is 291 g/mol. The molecule has 0 unspecified atom stereocenters. The maximum absolute atomic E-state index is 4.54. The Morgan fingerprint density at radius 2 is 2.21 bits per heavy atom. The van der Waals surface area contributed by atoms with Crippen molar-refractivity contribution in [3.05, 3.63) is 49.9 Å². The van der Waals surface area contributed by atoms with Gasteiger partial charge in [0.15, 0.2) is 0 Å². The Kier molecular flexibility index (Phi) is 4.50. The molecular weight excluding hydrogens is 274 g/mol. The fraction of sp³-hybridized carbons (Fsp3) is 0.286. The Bertz CT molecular complexity index is 671. The molecule has 0 aliphatic rings. The number of aryl methyl sites for hydroxylation is 2. The van der Waals surface area contributed by atoms with Crippen molar-refractivity contribution in [3.8, 4) is 0 Å². The number of thiophene rings is 1. The van der Waals surface area contributed by atoms with E-state index in [1.807, 2.05) is 24.7 Å². The summed E-state index contributed by atoms with van der Waals surface area (Å²) in [5, 5.41) is 8.68. The molecule has 2 aromatic heterocycles. The first-order valence-corrected chi connectivity index (χ1v) is 7.74. The minimum Gasteiger partial charge on any atom is -0.253 e. The number of hydrogen-bond donors (Lipinski definition) is 0. The molecule has 0 saturated carbocycles. The second-order valence-corrected chi connectivity index (χ2v) is 6.24. The molecule has 0 bridgehead atoms. The van der Waals surface area contributed by atoms with Gasteiger partial charge in [0.2, 0.25) is 4.80 Å². The largest absolute Gasteiger partial charge is 0.253 e. The van der Waals surface area contributed by atoms with Crippen molar-refractivity contribution in [1.82, 2.24) is 4.68 Å². The van der Waals surface area contributed by atoms with Crippen LogP contribution in [0.25, 0.3) is 0 Å². The summed E-state index contributed by atoms with van der Waals surface area (Å²) in [5.41, 5.74) is 3.40. The molecule has 19 heavy (non-hydrogen) atoms. The van der Waals surface area contributed by atoms with E-state index < -0.39 is 0 Å². The summed E-state index contributed by atoms with van der Waals surface area (Å²) in [7, 11) is 0. The highest BCUT2D eigenvalue weighted by Crippen LogP contribution is 2.12. The first-order chi connectivity index (χ1) is 9.08. The van der Waals surface area contributed by atoms with Crippen molar-refractivity contribution >= 4 is 28.9 Å². The average Bonchev–Trinajstić information content (AvgIpc) is 2.91. The second kappa shape index (κ2) is 6.12. The van der Waals surface area contributed by atoms with E-state index in [2.05, 4.69) is 40.4 Å². The van der Waals surface area contributed by atoms with E-state index >= 15 is 0 Å². The van der Waals surface area contributed by atoms with E-state index in [0.29, 0.717) is 6.54 Å². The third-order valence-corrected chi connectivity index (χ3v) is 4.45. The van der Waals surface area contributed by atoms with Crippen molar-refractivity contribution < 1.29 is 0 Å². The predicted octanol–water partition coefficient (Wildman–Crippen LogP) is 3.59. The zero-order chi connectivity index (χ0) is 13.8. The maximum Gasteiger partial charge on any atom is 0.206 e. The van der Waals surface area contributed by atoms with Crippen LogP contribution in [0, 0.1) is 13.8 Å². The lowest BCUT2D eigenvalue weighted by molar-refractivity contribution is 0.796. The number of nitrogens with zero attached hydrogens (tertiary/aromatic N) is 3. The average molecular weight is 291 g/mol. The first kappa shape index (κ1) is 14.0. The van der Waals surface area contributed by atoms with E-state index in [4.69, 9.17) is 0 Å². The van der Waals surface area contributed by atoms with Crippen LogP contribution >= 0.6 is 22.7 Å². The lowest BCUT2D eigenvalue weighted by Crippen LogP contribution is -2.12. The molecule has 5 heteroatoms. The summed E-state index contributed by atoms with van der Waals surface area (Å²) >= 11 is 3.30. The van der Waals surface area contributed by atoms with Gasteiger partial charge in [0, 0.05) is 5.38 Å². The number of hydrogen-bond acceptors (Lipinski definition) is 4. The van der Waals surface area contributed by atoms with Crippen LogP contribution in [0.5, 0.6) is 0 Å². The lowest BCUT2D eigenvalue weighted by atomic mass is 10.3. The van der Waals surface area contributed by atoms with Crippen molar-refractivity contribution in [2.24, 2.45) is 10.1 Å². The van der Waals surface area contributed by atoms with Gasteiger partial charge in [0.1, 0.15) is 0 Å². The van der Waals surface area contributed by atoms with Gasteiger partial charge in [-0.2, -0.15) is 5.10 Å². The fourth-order valence-electron chi connectivity index (χ4n) is 1.46. The zero-order valence-electron chi connectivity index (χ0n) is 11.4. The molecule has 3 nitrogen and oxygen atoms in total. The molecule has 0 aromatic carbocycles. The molecule has 0 fully saturated rings. The molecule has 2 aromatic rings. The summed E-state index contributed by atoms with van der Waals surface area (Å²) in [4.78, 5) is 6.61.